The fourth-order valence-electron chi connectivity index (χ4n) is 18.3. The van der Waals surface area contributed by atoms with E-state index in [2.05, 4.69) is 210 Å². The fourth-order valence-corrected chi connectivity index (χ4v) is 22.6. The lowest BCUT2D eigenvalue weighted by molar-refractivity contribution is -0.140. The molecule has 0 bridgehead atoms. The SMILES string of the molecule is CC(C)C(NC(=O)[C@H](C)N)C(=O)N1CCC[C@H]1c1nc(C(C)(C)c2ccccc2)cs1.CC(C)C(NC(=O)[C@H](C)N)C(=O)N1CCC[C@H]1c1nc(C(C)(c2ccccc2)c2ccccc2)cs1.CC(C)C(NC(=O)[C@H](C)N)C(=O)N1CC[C@H](C)[C@H]1c1nc(C2=CCc3ccccc32)cs1.C[C@H](N)C(=O)NC(C(=O)N1CCCC1c1nc(C(c2ccccc2)c2ccccc2)cs1)C(C)(C)C. The third-order valence-electron chi connectivity index (χ3n) is 26.6. The highest BCUT2D eigenvalue weighted by Gasteiger charge is 2.46. The van der Waals surface area contributed by atoms with E-state index >= 15 is 0 Å². The Balaban J connectivity index is 0.000000162. The molecule has 4 saturated heterocycles. The van der Waals surface area contributed by atoms with Gasteiger partial charge in [-0.05, 0) is 154 Å². The van der Waals surface area contributed by atoms with E-state index < -0.39 is 59.2 Å². The lowest BCUT2D eigenvalue weighted by Gasteiger charge is -2.35. The minimum absolute atomic E-state index is 0.0237. The summed E-state index contributed by atoms with van der Waals surface area (Å²) in [6.07, 6.45) is 9.44. The summed E-state index contributed by atoms with van der Waals surface area (Å²) in [5.74, 6) is -1.24. The molecule has 718 valence electrons. The van der Waals surface area contributed by atoms with Crippen LogP contribution in [0.4, 0.5) is 0 Å². The largest absolute Gasteiger partial charge is 0.343 e. The number of carbonyl (C=O) groups is 8. The molecule has 0 saturated carbocycles. The van der Waals surface area contributed by atoms with Crippen LogP contribution in [-0.2, 0) is 55.6 Å². The van der Waals surface area contributed by atoms with Gasteiger partial charge in [-0.1, -0.05) is 265 Å². The second-order valence-corrected chi connectivity index (χ2v) is 42.9. The number of fused-ring (bicyclic) bond motifs is 1. The van der Waals surface area contributed by atoms with Gasteiger partial charge in [0.05, 0.1) is 82.4 Å². The molecule has 24 nitrogen and oxygen atoms in total. The summed E-state index contributed by atoms with van der Waals surface area (Å²) in [4.78, 5) is 131. The van der Waals surface area contributed by atoms with Gasteiger partial charge in [0.15, 0.2) is 0 Å². The lowest BCUT2D eigenvalue weighted by Crippen LogP contribution is -2.57. The van der Waals surface area contributed by atoms with Gasteiger partial charge in [-0.25, -0.2) is 19.9 Å². The average Bonchev–Trinajstić information content (AvgIpc) is 1.66. The van der Waals surface area contributed by atoms with E-state index in [-0.39, 0.29) is 101 Å². The van der Waals surface area contributed by atoms with Gasteiger partial charge >= 0.3 is 0 Å². The zero-order valence-electron chi connectivity index (χ0n) is 81.2. The third kappa shape index (κ3) is 24.4. The number of hydrogen-bond donors (Lipinski definition) is 8. The van der Waals surface area contributed by atoms with E-state index in [1.54, 1.807) is 73.0 Å². The van der Waals surface area contributed by atoms with Crippen LogP contribution >= 0.6 is 45.3 Å². The van der Waals surface area contributed by atoms with Crippen molar-refractivity contribution >= 4 is 98.2 Å². The maximum absolute atomic E-state index is 13.8. The van der Waals surface area contributed by atoms with Crippen LogP contribution in [0.3, 0.4) is 0 Å². The summed E-state index contributed by atoms with van der Waals surface area (Å²) in [5, 5.41) is 23.8. The number of amides is 8. The van der Waals surface area contributed by atoms with Crippen LogP contribution in [0.2, 0.25) is 0 Å². The van der Waals surface area contributed by atoms with Gasteiger partial charge in [-0.3, -0.25) is 38.4 Å². The van der Waals surface area contributed by atoms with E-state index in [4.69, 9.17) is 42.9 Å². The molecule has 4 aromatic heterocycles. The number of hydrogen-bond acceptors (Lipinski definition) is 20. The Labute approximate surface area is 813 Å². The first kappa shape index (κ1) is 103. The summed E-state index contributed by atoms with van der Waals surface area (Å²) < 4.78 is 0. The van der Waals surface area contributed by atoms with Crippen molar-refractivity contribution < 1.29 is 38.4 Å². The number of benzene rings is 6. The topological polar surface area (TPSA) is 353 Å². The smallest absolute Gasteiger partial charge is 0.246 e. The Morgan fingerprint density at radius 2 is 0.763 bits per heavy atom. The first-order valence-electron chi connectivity index (χ1n) is 47.6. The van der Waals surface area contributed by atoms with Gasteiger partial charge in [0.1, 0.15) is 44.2 Å². The van der Waals surface area contributed by atoms with Crippen LogP contribution in [0.1, 0.15) is 274 Å². The molecule has 135 heavy (non-hydrogen) atoms. The van der Waals surface area contributed by atoms with Crippen LogP contribution in [-0.4, -0.2) is 161 Å². The van der Waals surface area contributed by atoms with Crippen LogP contribution in [0.5, 0.6) is 0 Å². The molecule has 13 atom stereocenters. The number of carbonyl (C=O) groups excluding carboxylic acids is 8. The van der Waals surface area contributed by atoms with E-state index in [1.165, 1.54) is 44.5 Å². The van der Waals surface area contributed by atoms with Gasteiger partial charge in [-0.2, -0.15) is 0 Å². The first-order chi connectivity index (χ1) is 64.3. The van der Waals surface area contributed by atoms with Gasteiger partial charge < -0.3 is 63.8 Å². The number of aromatic nitrogens is 4. The van der Waals surface area contributed by atoms with Crippen molar-refractivity contribution in [1.29, 1.82) is 0 Å². The van der Waals surface area contributed by atoms with E-state index in [0.717, 1.165) is 94.2 Å². The number of nitrogens with one attached hydrogen (secondary N) is 4. The lowest BCUT2D eigenvalue weighted by atomic mass is 9.74. The van der Waals surface area contributed by atoms with Gasteiger partial charge in [-0.15, -0.1) is 45.3 Å². The molecule has 8 amide bonds. The summed E-state index contributed by atoms with van der Waals surface area (Å²) >= 11 is 6.46. The molecular weight excluding hydrogens is 1770 g/mol. The van der Waals surface area contributed by atoms with Crippen LogP contribution < -0.4 is 44.2 Å². The Kier molecular flexibility index (Phi) is 35.0. The van der Waals surface area contributed by atoms with Gasteiger partial charge in [0.25, 0.3) is 0 Å². The first-order valence-corrected chi connectivity index (χ1v) is 51.2. The molecule has 6 aromatic carbocycles. The van der Waals surface area contributed by atoms with Crippen molar-refractivity contribution in [1.82, 2.24) is 60.8 Å². The molecule has 12 N–H and O–H groups in total. The summed E-state index contributed by atoms with van der Waals surface area (Å²) in [5.41, 5.74) is 35.5. The molecule has 4 fully saturated rings. The van der Waals surface area contributed by atoms with Crippen molar-refractivity contribution in [2.24, 2.45) is 52.0 Å². The Hall–Kier alpha value is -10.8. The van der Waals surface area contributed by atoms with Crippen molar-refractivity contribution in [3.8, 4) is 0 Å². The number of likely N-dealkylation sites (tertiary alicyclic amines) is 4. The van der Waals surface area contributed by atoms with Crippen molar-refractivity contribution in [3.05, 3.63) is 285 Å². The molecular formula is C107H138N16O8S4. The molecule has 15 rings (SSSR count). The summed E-state index contributed by atoms with van der Waals surface area (Å²) in [7, 11) is 0. The predicted molar refractivity (Wildman–Crippen MR) is 542 cm³/mol. The molecule has 0 radical (unpaired) electrons. The van der Waals surface area contributed by atoms with Crippen LogP contribution in [0, 0.1) is 29.1 Å². The standard InChI is InChI=1S/2C29H36N4O2S.C25H32N4O2S.C24H34N4O2S/c1-19(30)26(34)32-25(29(2,3)4)28(35)33-17-11-16-23(33)27-31-22(18-36-27)24(20-12-7-5-8-13-20)21-14-9-6-10-15-21;1-19(2)25(32-26(34)20(3)30)28(35)33-17-11-16-23(33)27-31-24(18-36-27)29(4,21-12-7-5-8-13-21)22-14-9-6-10-15-22;1-14(2)21(28-23(30)16(4)26)25(31)29-12-11-15(3)22(29)24-27-20(13-32-24)19-10-9-17-7-5-6-8-18(17)19;1-15(2)20(27-21(29)16(3)25)23(30)28-13-9-12-18(28)22-26-19(14-31-22)24(4,5)17-10-7-6-8-11-17/h5-10,12-15,18-19,23-25H,11,16-17,30H2,1-4H3,(H,32,34);5-10,12-15,18-20,23,25H,11,16-17,30H2,1-4H3,(H,32,34);5-8,10,13-16,21-22H,9,11-12,26H2,1-4H3,(H,28,30);6-8,10-11,14-16,18,20H,9,12-13,25H2,1-5H3,(H,27,29)/t19-,23?,25?;20-,23-,25?;15-,16-,21?,22-;16-,18-,20?/m0000/s1. The van der Waals surface area contributed by atoms with Gasteiger partial charge in [0, 0.05) is 58.7 Å². The molecule has 5 unspecified atom stereocenters. The second-order valence-electron chi connectivity index (χ2n) is 39.4. The van der Waals surface area contributed by atoms with Crippen molar-refractivity contribution in [2.45, 2.75) is 258 Å². The zero-order valence-corrected chi connectivity index (χ0v) is 84.5. The number of nitrogens with two attached hydrogens (primary N) is 4. The third-order valence-corrected chi connectivity index (χ3v) is 30.3. The minimum Gasteiger partial charge on any atom is -0.343 e. The Bertz CT molecular complexity index is 5590. The molecule has 28 heteroatoms. The molecule has 4 aliphatic heterocycles. The van der Waals surface area contributed by atoms with Crippen LogP contribution in [0.15, 0.2) is 204 Å². The van der Waals surface area contributed by atoms with Crippen molar-refractivity contribution in [2.75, 3.05) is 26.2 Å². The molecule has 8 heterocycles. The summed E-state index contributed by atoms with van der Waals surface area (Å²) in [6.45, 7) is 35.5. The maximum atomic E-state index is 13.8. The maximum Gasteiger partial charge on any atom is 0.246 e. The molecule has 0 spiro atoms. The van der Waals surface area contributed by atoms with E-state index in [0.29, 0.717) is 32.1 Å². The highest BCUT2D eigenvalue weighted by atomic mass is 32.1. The second kappa shape index (κ2) is 45.9. The number of allylic oxidation sites excluding steroid dienone is 1. The normalized spacial score (nSPS) is 19.0. The number of thiazole rings is 4. The molecule has 1 aliphatic carbocycles. The number of nitrogens with zero attached hydrogens (tertiary/aromatic N) is 8. The molecule has 10 aromatic rings. The monoisotopic (exact) mass is 1900 g/mol. The van der Waals surface area contributed by atoms with Gasteiger partial charge in [0.2, 0.25) is 47.3 Å². The number of rotatable bonds is 28. The van der Waals surface area contributed by atoms with Crippen LogP contribution in [0.25, 0.3) is 5.57 Å². The Morgan fingerprint density at radius 3 is 1.20 bits per heavy atom. The van der Waals surface area contributed by atoms with E-state index in [1.807, 2.05) is 124 Å². The minimum atomic E-state index is -0.675. The average molecular weight is 1900 g/mol. The predicted octanol–water partition coefficient (Wildman–Crippen LogP) is 16.7. The fraction of sp³-hybridized carbons (Fsp3) is 0.458. The highest BCUT2D eigenvalue weighted by molar-refractivity contribution is 7.10. The van der Waals surface area contributed by atoms with E-state index in [9.17, 15) is 38.4 Å². The Morgan fingerprint density at radius 1 is 0.393 bits per heavy atom. The van der Waals surface area contributed by atoms with Crippen molar-refractivity contribution in [3.63, 3.8) is 0 Å². The summed E-state index contributed by atoms with van der Waals surface area (Å²) in [6, 6.07) is 55.1. The molecule has 5 aliphatic rings. The quantitative estimate of drug-likeness (QED) is 0.0226. The highest BCUT2D eigenvalue weighted by Crippen LogP contribution is 2.47. The zero-order chi connectivity index (χ0) is 97.5.